The molecule has 18 heavy (non-hydrogen) atoms. The van der Waals surface area contributed by atoms with Crippen LogP contribution >= 0.6 is 0 Å². The fourth-order valence-electron chi connectivity index (χ4n) is 2.12. The first-order chi connectivity index (χ1) is 8.54. The van der Waals surface area contributed by atoms with Crippen LogP contribution < -0.4 is 14.8 Å². The van der Waals surface area contributed by atoms with Crippen LogP contribution in [-0.2, 0) is 0 Å². The molecule has 0 radical (unpaired) electrons. The number of ether oxygens (including phenoxy) is 2. The maximum atomic E-state index is 10.5. The van der Waals surface area contributed by atoms with Crippen molar-refractivity contribution in [3.8, 4) is 11.5 Å². The van der Waals surface area contributed by atoms with Crippen LogP contribution in [0.2, 0.25) is 0 Å². The second-order valence-corrected chi connectivity index (χ2v) is 4.61. The minimum absolute atomic E-state index is 0.0361. The van der Waals surface area contributed by atoms with E-state index in [0.29, 0.717) is 17.4 Å². The minimum Gasteiger partial charge on any atom is -0.497 e. The van der Waals surface area contributed by atoms with E-state index in [9.17, 15) is 5.11 Å². The molecule has 2 N–H and O–H groups in total. The van der Waals surface area contributed by atoms with E-state index < -0.39 is 6.10 Å². The third-order valence-corrected chi connectivity index (χ3v) is 3.15. The largest absolute Gasteiger partial charge is 0.497 e. The van der Waals surface area contributed by atoms with Crippen LogP contribution in [0.5, 0.6) is 11.5 Å². The second-order valence-electron chi connectivity index (χ2n) is 4.61. The van der Waals surface area contributed by atoms with E-state index in [1.807, 2.05) is 25.2 Å². The van der Waals surface area contributed by atoms with E-state index in [0.717, 1.165) is 5.56 Å². The van der Waals surface area contributed by atoms with E-state index in [2.05, 4.69) is 19.2 Å². The molecule has 1 aromatic rings. The zero-order chi connectivity index (χ0) is 13.7. The van der Waals surface area contributed by atoms with Gasteiger partial charge in [-0.2, -0.15) is 0 Å². The van der Waals surface area contributed by atoms with E-state index in [1.165, 1.54) is 0 Å². The normalized spacial score (nSPS) is 14.4. The molecule has 4 nitrogen and oxygen atoms in total. The van der Waals surface area contributed by atoms with Crippen molar-refractivity contribution in [2.24, 2.45) is 5.92 Å². The Morgan fingerprint density at radius 1 is 1.17 bits per heavy atom. The van der Waals surface area contributed by atoms with Crippen LogP contribution in [0, 0.1) is 5.92 Å². The van der Waals surface area contributed by atoms with Gasteiger partial charge in [-0.3, -0.25) is 0 Å². The number of hydrogen-bond acceptors (Lipinski definition) is 4. The molecule has 0 saturated heterocycles. The zero-order valence-corrected chi connectivity index (χ0v) is 11.7. The topological polar surface area (TPSA) is 50.7 Å². The van der Waals surface area contributed by atoms with Crippen LogP contribution in [0.4, 0.5) is 0 Å². The molecule has 0 heterocycles. The smallest absolute Gasteiger partial charge is 0.124 e. The van der Waals surface area contributed by atoms with Gasteiger partial charge in [0.05, 0.1) is 20.3 Å². The lowest BCUT2D eigenvalue weighted by molar-refractivity contribution is 0.107. The van der Waals surface area contributed by atoms with Crippen molar-refractivity contribution in [2.75, 3.05) is 21.3 Å². The molecule has 0 saturated carbocycles. The summed E-state index contributed by atoms with van der Waals surface area (Å²) in [6.07, 6.45) is -0.639. The molecule has 4 heteroatoms. The predicted molar refractivity (Wildman–Crippen MR) is 72.2 cm³/mol. The standard InChI is InChI=1S/C14H23NO3/c1-9(2)13(15-3)14(16)11-8-10(17-4)6-7-12(11)18-5/h6-9,13-16H,1-5H3. The Hall–Kier alpha value is -1.26. The number of nitrogens with one attached hydrogen (secondary N) is 1. The first-order valence-electron chi connectivity index (χ1n) is 6.12. The Morgan fingerprint density at radius 2 is 1.83 bits per heavy atom. The maximum absolute atomic E-state index is 10.5. The highest BCUT2D eigenvalue weighted by Gasteiger charge is 2.25. The molecule has 2 unspecified atom stereocenters. The van der Waals surface area contributed by atoms with Gasteiger partial charge in [0.1, 0.15) is 11.5 Å². The number of methoxy groups -OCH3 is 2. The lowest BCUT2D eigenvalue weighted by Gasteiger charge is -2.27. The fraction of sp³-hybridized carbons (Fsp3) is 0.571. The van der Waals surface area contributed by atoms with Gasteiger partial charge >= 0.3 is 0 Å². The highest BCUT2D eigenvalue weighted by Crippen LogP contribution is 2.32. The highest BCUT2D eigenvalue weighted by molar-refractivity contribution is 5.42. The Balaban J connectivity index is 3.12. The maximum Gasteiger partial charge on any atom is 0.124 e. The summed E-state index contributed by atoms with van der Waals surface area (Å²) in [7, 11) is 5.05. The van der Waals surface area contributed by atoms with Crippen molar-refractivity contribution in [1.29, 1.82) is 0 Å². The molecule has 2 atom stereocenters. The van der Waals surface area contributed by atoms with Gasteiger partial charge in [-0.15, -0.1) is 0 Å². The van der Waals surface area contributed by atoms with E-state index >= 15 is 0 Å². The number of hydrogen-bond donors (Lipinski definition) is 2. The molecule has 0 amide bonds. The van der Waals surface area contributed by atoms with Crippen LogP contribution in [-0.4, -0.2) is 32.4 Å². The SMILES string of the molecule is CNC(C(C)C)C(O)c1cc(OC)ccc1OC. The Labute approximate surface area is 109 Å². The molecule has 0 aromatic heterocycles. The van der Waals surface area contributed by atoms with Gasteiger partial charge in [0.2, 0.25) is 0 Å². The molecule has 0 bridgehead atoms. The summed E-state index contributed by atoms with van der Waals surface area (Å²) in [4.78, 5) is 0. The van der Waals surface area contributed by atoms with Crippen LogP contribution in [0.25, 0.3) is 0 Å². The van der Waals surface area contributed by atoms with Crippen molar-refractivity contribution in [2.45, 2.75) is 26.0 Å². The number of likely N-dealkylation sites (N-methyl/N-ethyl adjacent to an activating group) is 1. The van der Waals surface area contributed by atoms with Crippen LogP contribution in [0.15, 0.2) is 18.2 Å². The average Bonchev–Trinajstić information content (AvgIpc) is 2.38. The van der Waals surface area contributed by atoms with Gasteiger partial charge in [-0.25, -0.2) is 0 Å². The van der Waals surface area contributed by atoms with E-state index in [-0.39, 0.29) is 6.04 Å². The zero-order valence-electron chi connectivity index (χ0n) is 11.7. The molecule has 0 fully saturated rings. The van der Waals surface area contributed by atoms with Gasteiger partial charge in [-0.1, -0.05) is 13.8 Å². The van der Waals surface area contributed by atoms with Gasteiger partial charge in [-0.05, 0) is 31.2 Å². The van der Waals surface area contributed by atoms with E-state index in [4.69, 9.17) is 9.47 Å². The van der Waals surface area contributed by atoms with Crippen molar-refractivity contribution in [1.82, 2.24) is 5.32 Å². The van der Waals surface area contributed by atoms with Crippen molar-refractivity contribution in [3.05, 3.63) is 23.8 Å². The summed E-state index contributed by atoms with van der Waals surface area (Å²) in [6, 6.07) is 5.41. The number of rotatable bonds is 6. The number of aliphatic hydroxyl groups excluding tert-OH is 1. The van der Waals surface area contributed by atoms with Crippen LogP contribution in [0.3, 0.4) is 0 Å². The van der Waals surface area contributed by atoms with Gasteiger partial charge in [0.25, 0.3) is 0 Å². The van der Waals surface area contributed by atoms with Crippen molar-refractivity contribution < 1.29 is 14.6 Å². The molecule has 0 aliphatic carbocycles. The van der Waals surface area contributed by atoms with Gasteiger partial charge in [0.15, 0.2) is 0 Å². The monoisotopic (exact) mass is 253 g/mol. The molecule has 1 rings (SSSR count). The first-order valence-corrected chi connectivity index (χ1v) is 6.12. The Kier molecular flexibility index (Phi) is 5.44. The molecule has 0 aliphatic heterocycles. The molecule has 102 valence electrons. The number of benzene rings is 1. The average molecular weight is 253 g/mol. The summed E-state index contributed by atoms with van der Waals surface area (Å²) >= 11 is 0. The molecule has 0 spiro atoms. The number of aliphatic hydroxyl groups is 1. The lowest BCUT2D eigenvalue weighted by Crippen LogP contribution is -2.36. The molecular weight excluding hydrogens is 230 g/mol. The summed E-state index contributed by atoms with van der Waals surface area (Å²) in [5.41, 5.74) is 0.741. The molecular formula is C14H23NO3. The Bertz CT molecular complexity index is 379. The third kappa shape index (κ3) is 3.15. The third-order valence-electron chi connectivity index (χ3n) is 3.15. The lowest BCUT2D eigenvalue weighted by atomic mass is 9.93. The van der Waals surface area contributed by atoms with Crippen molar-refractivity contribution in [3.63, 3.8) is 0 Å². The summed E-state index contributed by atoms with van der Waals surface area (Å²) in [5, 5.41) is 13.6. The minimum atomic E-state index is -0.639. The van der Waals surface area contributed by atoms with Crippen molar-refractivity contribution >= 4 is 0 Å². The van der Waals surface area contributed by atoms with Gasteiger partial charge in [0, 0.05) is 11.6 Å². The molecule has 0 aliphatic rings. The highest BCUT2D eigenvalue weighted by atomic mass is 16.5. The van der Waals surface area contributed by atoms with E-state index in [1.54, 1.807) is 14.2 Å². The molecule has 1 aromatic carbocycles. The predicted octanol–water partition coefficient (Wildman–Crippen LogP) is 1.98. The second kappa shape index (κ2) is 6.61. The summed E-state index contributed by atoms with van der Waals surface area (Å²) < 4.78 is 10.5. The quantitative estimate of drug-likeness (QED) is 0.814. The summed E-state index contributed by atoms with van der Waals surface area (Å²) in [5.74, 6) is 1.69. The Morgan fingerprint density at radius 3 is 2.28 bits per heavy atom. The fourth-order valence-corrected chi connectivity index (χ4v) is 2.12. The summed E-state index contributed by atoms with van der Waals surface area (Å²) in [6.45, 7) is 4.13. The van der Waals surface area contributed by atoms with Crippen LogP contribution in [0.1, 0.15) is 25.5 Å². The van der Waals surface area contributed by atoms with Gasteiger partial charge < -0.3 is 19.9 Å². The first kappa shape index (κ1) is 14.8.